The van der Waals surface area contributed by atoms with Crippen molar-refractivity contribution in [2.24, 2.45) is 0 Å². The van der Waals surface area contributed by atoms with Crippen LogP contribution in [0.25, 0.3) is 0 Å². The summed E-state index contributed by atoms with van der Waals surface area (Å²) in [5.41, 5.74) is 0. The van der Waals surface area contributed by atoms with E-state index in [1.807, 2.05) is 12.2 Å². The molecule has 0 radical (unpaired) electrons. The molecule has 1 heterocycles. The predicted octanol–water partition coefficient (Wildman–Crippen LogP) is 4.07. The SMILES string of the molecule is CC(C)(C)[Si](C)(C)O[C@@H]1C/C=C\[C@H](O)[C@@H](CO)O[C@H]1C=C(Br)Br. The van der Waals surface area contributed by atoms with Gasteiger partial charge in [0, 0.05) is 0 Å². The fourth-order valence-corrected chi connectivity index (χ4v) is 3.93. The Kier molecular flexibility index (Phi) is 8.18. The van der Waals surface area contributed by atoms with Gasteiger partial charge in [0.1, 0.15) is 18.3 Å². The van der Waals surface area contributed by atoms with Crippen LogP contribution >= 0.6 is 31.9 Å². The Morgan fingerprint density at radius 3 is 2.48 bits per heavy atom. The third-order valence-electron chi connectivity index (χ3n) is 4.50. The highest BCUT2D eigenvalue weighted by atomic mass is 79.9. The van der Waals surface area contributed by atoms with E-state index in [4.69, 9.17) is 9.16 Å². The Bertz CT molecular complexity index is 442. The maximum absolute atomic E-state index is 10.0. The molecule has 0 saturated carbocycles. The summed E-state index contributed by atoms with van der Waals surface area (Å²) in [5, 5.41) is 19.6. The number of aliphatic hydroxyl groups excluding tert-OH is 2. The van der Waals surface area contributed by atoms with E-state index in [0.717, 1.165) is 3.39 Å². The molecule has 4 nitrogen and oxygen atoms in total. The van der Waals surface area contributed by atoms with Gasteiger partial charge in [0.05, 0.1) is 16.1 Å². The van der Waals surface area contributed by atoms with E-state index in [-0.39, 0.29) is 23.9 Å². The molecule has 1 rings (SSSR count). The van der Waals surface area contributed by atoms with Crippen LogP contribution in [0, 0.1) is 0 Å². The van der Waals surface area contributed by atoms with Crippen molar-refractivity contribution in [1.29, 1.82) is 0 Å². The van der Waals surface area contributed by atoms with Gasteiger partial charge in [0.15, 0.2) is 8.32 Å². The highest BCUT2D eigenvalue weighted by Crippen LogP contribution is 2.39. The average molecular weight is 472 g/mol. The first-order valence-corrected chi connectivity index (χ1v) is 12.3. The van der Waals surface area contributed by atoms with Crippen LogP contribution in [0.4, 0.5) is 0 Å². The molecule has 23 heavy (non-hydrogen) atoms. The first kappa shape index (κ1) is 21.5. The quantitative estimate of drug-likeness (QED) is 0.479. The van der Waals surface area contributed by atoms with Crippen molar-refractivity contribution in [2.75, 3.05) is 6.61 Å². The second-order valence-corrected chi connectivity index (χ2v) is 14.9. The van der Waals surface area contributed by atoms with Crippen LogP contribution < -0.4 is 0 Å². The van der Waals surface area contributed by atoms with E-state index in [1.165, 1.54) is 0 Å². The highest BCUT2D eigenvalue weighted by molar-refractivity contribution is 9.28. The fraction of sp³-hybridized carbons (Fsp3) is 0.750. The fourth-order valence-electron chi connectivity index (χ4n) is 2.07. The van der Waals surface area contributed by atoms with Gasteiger partial charge < -0.3 is 19.4 Å². The molecule has 134 valence electrons. The second kappa shape index (κ2) is 8.74. The number of aliphatic hydroxyl groups is 2. The van der Waals surface area contributed by atoms with Crippen molar-refractivity contribution in [2.45, 2.75) is 69.7 Å². The Hall–Kier alpha value is 0.497. The van der Waals surface area contributed by atoms with Crippen LogP contribution in [-0.2, 0) is 9.16 Å². The Morgan fingerprint density at radius 1 is 1.39 bits per heavy atom. The molecule has 1 aliphatic rings. The van der Waals surface area contributed by atoms with Crippen molar-refractivity contribution < 1.29 is 19.4 Å². The average Bonchev–Trinajstić information content (AvgIpc) is 2.38. The van der Waals surface area contributed by atoms with Gasteiger partial charge in [-0.3, -0.25) is 0 Å². The monoisotopic (exact) mass is 470 g/mol. The van der Waals surface area contributed by atoms with Gasteiger partial charge in [-0.1, -0.05) is 32.9 Å². The Morgan fingerprint density at radius 2 is 2.00 bits per heavy atom. The van der Waals surface area contributed by atoms with Gasteiger partial charge in [-0.15, -0.1) is 0 Å². The molecule has 0 fully saturated rings. The smallest absolute Gasteiger partial charge is 0.192 e. The van der Waals surface area contributed by atoms with Gasteiger partial charge in [-0.2, -0.15) is 0 Å². The summed E-state index contributed by atoms with van der Waals surface area (Å²) >= 11 is 6.74. The van der Waals surface area contributed by atoms with Crippen molar-refractivity contribution in [3.8, 4) is 0 Å². The molecule has 0 unspecified atom stereocenters. The van der Waals surface area contributed by atoms with Crippen LogP contribution in [0.3, 0.4) is 0 Å². The lowest BCUT2D eigenvalue weighted by atomic mass is 10.1. The number of hydrogen-bond acceptors (Lipinski definition) is 4. The van der Waals surface area contributed by atoms with Crippen LogP contribution in [-0.4, -0.2) is 49.6 Å². The zero-order valence-corrected chi connectivity index (χ0v) is 18.6. The Labute approximate surface area is 157 Å². The normalized spacial score (nSPS) is 31.2. The van der Waals surface area contributed by atoms with Gasteiger partial charge in [-0.25, -0.2) is 0 Å². The molecule has 0 aromatic heterocycles. The topological polar surface area (TPSA) is 58.9 Å². The number of ether oxygens (including phenoxy) is 1. The number of hydrogen-bond donors (Lipinski definition) is 2. The third-order valence-corrected chi connectivity index (χ3v) is 9.54. The van der Waals surface area contributed by atoms with Crippen LogP contribution in [0.5, 0.6) is 0 Å². The molecular weight excluding hydrogens is 444 g/mol. The molecule has 4 atom stereocenters. The first-order valence-electron chi connectivity index (χ1n) is 7.79. The van der Waals surface area contributed by atoms with Crippen LogP contribution in [0.2, 0.25) is 18.1 Å². The maximum atomic E-state index is 10.0. The molecule has 0 amide bonds. The van der Waals surface area contributed by atoms with Crippen molar-refractivity contribution in [1.82, 2.24) is 0 Å². The summed E-state index contributed by atoms with van der Waals surface area (Å²) in [4.78, 5) is 0. The lowest BCUT2D eigenvalue weighted by molar-refractivity contribution is -0.102. The molecule has 0 aromatic rings. The molecule has 0 aliphatic carbocycles. The summed E-state index contributed by atoms with van der Waals surface area (Å²) in [6, 6.07) is 0. The molecule has 0 spiro atoms. The molecule has 2 N–H and O–H groups in total. The molecule has 1 aliphatic heterocycles. The van der Waals surface area contributed by atoms with Crippen LogP contribution in [0.1, 0.15) is 27.2 Å². The van der Waals surface area contributed by atoms with Gasteiger partial charge >= 0.3 is 0 Å². The standard InChI is InChI=1S/C16H28Br2O4Si/c1-16(2,3)23(4,5)22-12-8-6-7-11(20)14(10-19)21-13(12)9-15(17)18/h6-7,9,11-14,19-20H,8,10H2,1-5H3/b7-6-/t11-,12+,13-,14+/m0/s1. The molecule has 0 bridgehead atoms. The highest BCUT2D eigenvalue weighted by Gasteiger charge is 2.41. The third kappa shape index (κ3) is 6.38. The van der Waals surface area contributed by atoms with E-state index in [2.05, 4.69) is 65.7 Å². The predicted molar refractivity (Wildman–Crippen MR) is 104 cm³/mol. The van der Waals surface area contributed by atoms with Crippen molar-refractivity contribution >= 4 is 40.2 Å². The van der Waals surface area contributed by atoms with Gasteiger partial charge in [-0.05, 0) is 62.5 Å². The summed E-state index contributed by atoms with van der Waals surface area (Å²) < 4.78 is 13.2. The van der Waals surface area contributed by atoms with Gasteiger partial charge in [0.25, 0.3) is 0 Å². The number of halogens is 2. The van der Waals surface area contributed by atoms with E-state index >= 15 is 0 Å². The summed E-state index contributed by atoms with van der Waals surface area (Å²) in [6.07, 6.45) is 4.08. The summed E-state index contributed by atoms with van der Waals surface area (Å²) in [7, 11) is -1.97. The lowest BCUT2D eigenvalue weighted by Crippen LogP contribution is -2.49. The lowest BCUT2D eigenvalue weighted by Gasteiger charge is -2.42. The molecular formula is C16H28Br2O4Si. The summed E-state index contributed by atoms with van der Waals surface area (Å²) in [5.74, 6) is 0. The second-order valence-electron chi connectivity index (χ2n) is 7.35. The maximum Gasteiger partial charge on any atom is 0.192 e. The van der Waals surface area contributed by atoms with E-state index in [0.29, 0.717) is 6.42 Å². The minimum absolute atomic E-state index is 0.0921. The molecule has 7 heteroatoms. The van der Waals surface area contributed by atoms with Crippen molar-refractivity contribution in [3.63, 3.8) is 0 Å². The van der Waals surface area contributed by atoms with E-state index in [1.54, 1.807) is 6.08 Å². The zero-order valence-electron chi connectivity index (χ0n) is 14.4. The Balaban J connectivity index is 3.09. The minimum atomic E-state index is -1.97. The molecule has 0 aromatic carbocycles. The zero-order chi connectivity index (χ0) is 17.8. The largest absolute Gasteiger partial charge is 0.411 e. The van der Waals surface area contributed by atoms with Gasteiger partial charge in [0.2, 0.25) is 0 Å². The molecule has 0 saturated heterocycles. The minimum Gasteiger partial charge on any atom is -0.411 e. The summed E-state index contributed by atoms with van der Waals surface area (Å²) in [6.45, 7) is 10.8. The van der Waals surface area contributed by atoms with Crippen LogP contribution in [0.15, 0.2) is 21.6 Å². The van der Waals surface area contributed by atoms with E-state index in [9.17, 15) is 10.2 Å². The first-order chi connectivity index (χ1) is 10.5. The number of rotatable bonds is 4. The van der Waals surface area contributed by atoms with E-state index < -0.39 is 20.5 Å². The van der Waals surface area contributed by atoms with Crippen molar-refractivity contribution in [3.05, 3.63) is 21.6 Å².